The number of benzene rings is 1. The van der Waals surface area contributed by atoms with Crippen molar-refractivity contribution in [3.05, 3.63) is 34.9 Å². The molecule has 1 unspecified atom stereocenters. The summed E-state index contributed by atoms with van der Waals surface area (Å²) in [4.78, 5) is 0. The lowest BCUT2D eigenvalue weighted by Crippen LogP contribution is -2.27. The fourth-order valence-corrected chi connectivity index (χ4v) is 1.62. The van der Waals surface area contributed by atoms with Crippen LogP contribution in [0.1, 0.15) is 42.5 Å². The molecule has 2 heteroatoms. The number of nitrogens with one attached hydrogen (secondary N) is 1. The van der Waals surface area contributed by atoms with Gasteiger partial charge in [-0.25, -0.2) is 0 Å². The SMILES string of the molecule is CCCC(NN)c1ccc(C)c(C)c1. The summed E-state index contributed by atoms with van der Waals surface area (Å²) in [5.74, 6) is 5.53. The maximum atomic E-state index is 5.53. The van der Waals surface area contributed by atoms with Crippen molar-refractivity contribution in [2.75, 3.05) is 0 Å². The van der Waals surface area contributed by atoms with Gasteiger partial charge in [-0.15, -0.1) is 0 Å². The fraction of sp³-hybridized carbons (Fsp3) is 0.500. The minimum Gasteiger partial charge on any atom is -0.271 e. The van der Waals surface area contributed by atoms with E-state index in [-0.39, 0.29) is 0 Å². The fourth-order valence-electron chi connectivity index (χ4n) is 1.62. The van der Waals surface area contributed by atoms with Crippen LogP contribution in [-0.2, 0) is 0 Å². The Morgan fingerprint density at radius 1 is 1.29 bits per heavy atom. The van der Waals surface area contributed by atoms with Gasteiger partial charge in [0.2, 0.25) is 0 Å². The van der Waals surface area contributed by atoms with Gasteiger partial charge in [0.1, 0.15) is 0 Å². The zero-order valence-corrected chi connectivity index (χ0v) is 9.30. The molecule has 0 aromatic heterocycles. The predicted octanol–water partition coefficient (Wildman–Crippen LogP) is 2.61. The largest absolute Gasteiger partial charge is 0.271 e. The minimum absolute atomic E-state index is 0.291. The highest BCUT2D eigenvalue weighted by molar-refractivity contribution is 5.31. The molecule has 0 spiro atoms. The highest BCUT2D eigenvalue weighted by Crippen LogP contribution is 2.20. The van der Waals surface area contributed by atoms with Crippen LogP contribution in [0.5, 0.6) is 0 Å². The van der Waals surface area contributed by atoms with Gasteiger partial charge in [0.05, 0.1) is 0 Å². The molecule has 0 bridgehead atoms. The highest BCUT2D eigenvalue weighted by Gasteiger charge is 2.08. The number of aryl methyl sites for hydroxylation is 2. The van der Waals surface area contributed by atoms with E-state index in [1.54, 1.807) is 0 Å². The molecule has 2 nitrogen and oxygen atoms in total. The van der Waals surface area contributed by atoms with Gasteiger partial charge in [-0.1, -0.05) is 31.5 Å². The number of hydrogen-bond acceptors (Lipinski definition) is 2. The first-order chi connectivity index (χ1) is 6.69. The van der Waals surface area contributed by atoms with Gasteiger partial charge < -0.3 is 0 Å². The zero-order chi connectivity index (χ0) is 10.6. The standard InChI is InChI=1S/C12H20N2/c1-4-5-12(14-13)11-7-6-9(2)10(3)8-11/h6-8,12,14H,4-5,13H2,1-3H3. The van der Waals surface area contributed by atoms with Crippen molar-refractivity contribution in [1.29, 1.82) is 0 Å². The summed E-state index contributed by atoms with van der Waals surface area (Å²) in [6.45, 7) is 6.44. The molecule has 0 saturated carbocycles. The van der Waals surface area contributed by atoms with Gasteiger partial charge in [-0.3, -0.25) is 11.3 Å². The summed E-state index contributed by atoms with van der Waals surface area (Å²) in [5, 5.41) is 0. The molecule has 0 saturated heterocycles. The number of hydrogen-bond donors (Lipinski definition) is 2. The van der Waals surface area contributed by atoms with Crippen LogP contribution in [0.3, 0.4) is 0 Å². The van der Waals surface area contributed by atoms with E-state index in [1.807, 2.05) is 0 Å². The molecule has 3 N–H and O–H groups in total. The highest BCUT2D eigenvalue weighted by atomic mass is 15.2. The van der Waals surface area contributed by atoms with Gasteiger partial charge >= 0.3 is 0 Å². The van der Waals surface area contributed by atoms with Crippen molar-refractivity contribution >= 4 is 0 Å². The van der Waals surface area contributed by atoms with Gasteiger partial charge in [-0.05, 0) is 37.0 Å². The summed E-state index contributed by atoms with van der Waals surface area (Å²) in [6.07, 6.45) is 2.22. The number of rotatable bonds is 4. The van der Waals surface area contributed by atoms with Crippen molar-refractivity contribution in [1.82, 2.24) is 5.43 Å². The lowest BCUT2D eigenvalue weighted by atomic mass is 9.99. The second-order valence-corrected chi connectivity index (χ2v) is 3.85. The normalized spacial score (nSPS) is 12.9. The Morgan fingerprint density at radius 2 is 2.00 bits per heavy atom. The third kappa shape index (κ3) is 2.56. The molecule has 0 radical (unpaired) electrons. The van der Waals surface area contributed by atoms with E-state index in [1.165, 1.54) is 16.7 Å². The molecule has 0 aliphatic rings. The van der Waals surface area contributed by atoms with E-state index in [0.717, 1.165) is 12.8 Å². The Morgan fingerprint density at radius 3 is 2.50 bits per heavy atom. The molecule has 0 aliphatic heterocycles. The van der Waals surface area contributed by atoms with Crippen molar-refractivity contribution in [3.63, 3.8) is 0 Å². The van der Waals surface area contributed by atoms with Crippen LogP contribution in [0.15, 0.2) is 18.2 Å². The molecule has 0 aliphatic carbocycles. The van der Waals surface area contributed by atoms with Crippen molar-refractivity contribution in [2.24, 2.45) is 5.84 Å². The molecule has 1 aromatic rings. The van der Waals surface area contributed by atoms with E-state index in [2.05, 4.69) is 44.4 Å². The third-order valence-electron chi connectivity index (χ3n) is 2.71. The molecule has 78 valence electrons. The predicted molar refractivity (Wildman–Crippen MR) is 60.9 cm³/mol. The van der Waals surface area contributed by atoms with Crippen LogP contribution in [-0.4, -0.2) is 0 Å². The van der Waals surface area contributed by atoms with Crippen LogP contribution in [0.2, 0.25) is 0 Å². The first-order valence-electron chi connectivity index (χ1n) is 5.22. The smallest absolute Gasteiger partial charge is 0.0460 e. The van der Waals surface area contributed by atoms with Crippen molar-refractivity contribution in [3.8, 4) is 0 Å². The summed E-state index contributed by atoms with van der Waals surface area (Å²) in [5.41, 5.74) is 6.82. The average molecular weight is 192 g/mol. The topological polar surface area (TPSA) is 38.0 Å². The Kier molecular flexibility index (Phi) is 4.11. The molecule has 1 aromatic carbocycles. The van der Waals surface area contributed by atoms with E-state index in [4.69, 9.17) is 5.84 Å². The molecule has 14 heavy (non-hydrogen) atoms. The second-order valence-electron chi connectivity index (χ2n) is 3.85. The quantitative estimate of drug-likeness (QED) is 0.568. The Bertz CT molecular complexity index is 294. The molecule has 1 rings (SSSR count). The average Bonchev–Trinajstić information content (AvgIpc) is 2.19. The van der Waals surface area contributed by atoms with Crippen LogP contribution in [0.25, 0.3) is 0 Å². The zero-order valence-electron chi connectivity index (χ0n) is 9.30. The molecular weight excluding hydrogens is 172 g/mol. The Hall–Kier alpha value is -0.860. The summed E-state index contributed by atoms with van der Waals surface area (Å²) < 4.78 is 0. The van der Waals surface area contributed by atoms with E-state index in [0.29, 0.717) is 6.04 Å². The van der Waals surface area contributed by atoms with E-state index >= 15 is 0 Å². The van der Waals surface area contributed by atoms with Crippen LogP contribution < -0.4 is 11.3 Å². The first kappa shape index (κ1) is 11.2. The molecular formula is C12H20N2. The number of nitrogens with two attached hydrogens (primary N) is 1. The molecule has 0 fully saturated rings. The summed E-state index contributed by atoms with van der Waals surface area (Å²) >= 11 is 0. The third-order valence-corrected chi connectivity index (χ3v) is 2.71. The van der Waals surface area contributed by atoms with Gasteiger partial charge in [0, 0.05) is 6.04 Å². The van der Waals surface area contributed by atoms with Gasteiger partial charge in [0.15, 0.2) is 0 Å². The maximum absolute atomic E-state index is 5.53. The first-order valence-corrected chi connectivity index (χ1v) is 5.22. The Labute approximate surface area is 86.5 Å². The summed E-state index contributed by atoms with van der Waals surface area (Å²) in [7, 11) is 0. The number of hydrazine groups is 1. The monoisotopic (exact) mass is 192 g/mol. The summed E-state index contributed by atoms with van der Waals surface area (Å²) in [6, 6.07) is 6.82. The van der Waals surface area contributed by atoms with Gasteiger partial charge in [-0.2, -0.15) is 0 Å². The van der Waals surface area contributed by atoms with Crippen molar-refractivity contribution < 1.29 is 0 Å². The second kappa shape index (κ2) is 5.13. The molecule has 1 atom stereocenters. The van der Waals surface area contributed by atoms with Crippen LogP contribution in [0, 0.1) is 13.8 Å². The lowest BCUT2D eigenvalue weighted by molar-refractivity contribution is 0.510. The van der Waals surface area contributed by atoms with Crippen LogP contribution in [0.4, 0.5) is 0 Å². The molecule has 0 amide bonds. The Balaban J connectivity index is 2.88. The maximum Gasteiger partial charge on any atom is 0.0460 e. The van der Waals surface area contributed by atoms with Crippen LogP contribution >= 0.6 is 0 Å². The minimum atomic E-state index is 0.291. The van der Waals surface area contributed by atoms with E-state index in [9.17, 15) is 0 Å². The lowest BCUT2D eigenvalue weighted by Gasteiger charge is -2.16. The van der Waals surface area contributed by atoms with Crippen molar-refractivity contribution in [2.45, 2.75) is 39.7 Å². The van der Waals surface area contributed by atoms with E-state index < -0.39 is 0 Å². The van der Waals surface area contributed by atoms with Gasteiger partial charge in [0.25, 0.3) is 0 Å². The molecule has 0 heterocycles.